The fourth-order valence-corrected chi connectivity index (χ4v) is 2.29. The van der Waals surface area contributed by atoms with Crippen LogP contribution in [0.2, 0.25) is 0 Å². The van der Waals surface area contributed by atoms with Crippen LogP contribution in [0.5, 0.6) is 0 Å². The van der Waals surface area contributed by atoms with Gasteiger partial charge in [0.1, 0.15) is 11.9 Å². The normalized spacial score (nSPS) is 13.4. The summed E-state index contributed by atoms with van der Waals surface area (Å²) in [7, 11) is -3.63. The number of unbranched alkanes of at least 4 members (excludes halogenated alkanes) is 1. The van der Waals surface area contributed by atoms with E-state index in [-0.39, 0.29) is 19.6 Å². The van der Waals surface area contributed by atoms with Crippen molar-refractivity contribution in [3.05, 3.63) is 0 Å². The minimum Gasteiger partial charge on any atom is -0.464 e. The van der Waals surface area contributed by atoms with E-state index in [4.69, 9.17) is 8.92 Å². The van der Waals surface area contributed by atoms with Gasteiger partial charge in [0, 0.05) is 6.42 Å². The predicted octanol–water partition coefficient (Wildman–Crippen LogP) is 1.86. The Labute approximate surface area is 104 Å². The average molecular weight is 266 g/mol. The molecule has 0 saturated carbocycles. The third kappa shape index (κ3) is 6.63. The first-order valence-corrected chi connectivity index (χ1v) is 7.48. The number of rotatable bonds is 9. The van der Waals surface area contributed by atoms with Crippen LogP contribution in [0.15, 0.2) is 0 Å². The minimum absolute atomic E-state index is 0.127. The maximum Gasteiger partial charge on any atom is 0.305 e. The first kappa shape index (κ1) is 16.4. The van der Waals surface area contributed by atoms with Crippen LogP contribution in [-0.2, 0) is 23.8 Å². The van der Waals surface area contributed by atoms with Crippen LogP contribution >= 0.6 is 0 Å². The first-order chi connectivity index (χ1) is 7.97. The lowest BCUT2D eigenvalue weighted by Gasteiger charge is -2.15. The number of hydrogen-bond acceptors (Lipinski definition) is 5. The molecule has 0 radical (unpaired) electrons. The Hall–Kier alpha value is -0.620. The van der Waals surface area contributed by atoms with E-state index in [1.165, 1.54) is 0 Å². The molecule has 0 aromatic heterocycles. The van der Waals surface area contributed by atoms with Crippen LogP contribution < -0.4 is 0 Å². The van der Waals surface area contributed by atoms with Crippen molar-refractivity contribution in [2.24, 2.45) is 0 Å². The number of hydrogen-bond donors (Lipinski definition) is 0. The zero-order valence-electron chi connectivity index (χ0n) is 10.8. The van der Waals surface area contributed by atoms with Crippen molar-refractivity contribution in [2.45, 2.75) is 51.7 Å². The Bertz CT molecular complexity index is 310. The Morgan fingerprint density at radius 3 is 2.35 bits per heavy atom. The molecule has 0 aliphatic carbocycles. The van der Waals surface area contributed by atoms with Gasteiger partial charge >= 0.3 is 5.97 Å². The van der Waals surface area contributed by atoms with Gasteiger partial charge in [-0.25, -0.2) is 0 Å². The molecule has 0 amide bonds. The Kier molecular flexibility index (Phi) is 8.16. The molecule has 0 aliphatic heterocycles. The fraction of sp³-hybridized carbons (Fsp3) is 0.909. The van der Waals surface area contributed by atoms with Gasteiger partial charge in [-0.2, -0.15) is 8.42 Å². The summed E-state index contributed by atoms with van der Waals surface area (Å²) in [6.07, 6.45) is 2.18. The highest BCUT2D eigenvalue weighted by Gasteiger charge is 2.26. The van der Waals surface area contributed by atoms with E-state index in [2.05, 4.69) is 0 Å². The Morgan fingerprint density at radius 2 is 1.88 bits per heavy atom. The Morgan fingerprint density at radius 1 is 1.24 bits per heavy atom. The quantitative estimate of drug-likeness (QED) is 0.362. The second-order valence-corrected chi connectivity index (χ2v) is 5.62. The van der Waals surface area contributed by atoms with Crippen molar-refractivity contribution in [3.8, 4) is 0 Å². The van der Waals surface area contributed by atoms with Crippen molar-refractivity contribution in [3.63, 3.8) is 0 Å². The summed E-state index contributed by atoms with van der Waals surface area (Å²) in [4.78, 5) is 11.0. The molecule has 0 heterocycles. The molecule has 0 fully saturated rings. The van der Waals surface area contributed by atoms with Crippen molar-refractivity contribution < 1.29 is 22.1 Å². The highest BCUT2D eigenvalue weighted by Crippen LogP contribution is 2.10. The van der Waals surface area contributed by atoms with E-state index >= 15 is 0 Å². The van der Waals surface area contributed by atoms with Crippen molar-refractivity contribution in [1.82, 2.24) is 0 Å². The number of carbonyl (C=O) groups is 1. The lowest BCUT2D eigenvalue weighted by Crippen LogP contribution is -2.29. The maximum atomic E-state index is 11.7. The van der Waals surface area contributed by atoms with Crippen molar-refractivity contribution in [1.29, 1.82) is 0 Å². The second kappa shape index (κ2) is 8.47. The molecule has 0 spiro atoms. The van der Waals surface area contributed by atoms with Crippen LogP contribution in [0.4, 0.5) is 0 Å². The second-order valence-electron chi connectivity index (χ2n) is 3.74. The van der Waals surface area contributed by atoms with Crippen LogP contribution in [0.25, 0.3) is 0 Å². The molecule has 1 atom stereocenters. The van der Waals surface area contributed by atoms with E-state index in [1.54, 1.807) is 13.8 Å². The molecule has 0 bridgehead atoms. The first-order valence-electron chi connectivity index (χ1n) is 6.01. The third-order valence-electron chi connectivity index (χ3n) is 2.33. The van der Waals surface area contributed by atoms with Crippen molar-refractivity contribution >= 4 is 16.1 Å². The molecule has 5 nitrogen and oxygen atoms in total. The summed E-state index contributed by atoms with van der Waals surface area (Å²) in [5, 5.41) is -0.769. The third-order valence-corrected chi connectivity index (χ3v) is 4.11. The molecule has 0 aromatic carbocycles. The molecule has 0 N–H and O–H groups in total. The van der Waals surface area contributed by atoms with Gasteiger partial charge in [0.2, 0.25) is 0 Å². The fourth-order valence-electron chi connectivity index (χ4n) is 1.11. The molecule has 0 aromatic rings. The van der Waals surface area contributed by atoms with Crippen LogP contribution in [0.3, 0.4) is 0 Å². The molecular formula is C11H22O5S. The molecule has 0 rings (SSSR count). The molecule has 6 heteroatoms. The van der Waals surface area contributed by atoms with Crippen LogP contribution in [0, 0.1) is 0 Å². The number of esters is 1. The van der Waals surface area contributed by atoms with E-state index < -0.39 is 21.3 Å². The summed E-state index contributed by atoms with van der Waals surface area (Å²) in [5.41, 5.74) is 0. The van der Waals surface area contributed by atoms with Gasteiger partial charge in [-0.3, -0.25) is 8.98 Å². The molecule has 17 heavy (non-hydrogen) atoms. The van der Waals surface area contributed by atoms with Gasteiger partial charge < -0.3 is 4.74 Å². The van der Waals surface area contributed by atoms with Gasteiger partial charge in [-0.05, 0) is 12.8 Å². The van der Waals surface area contributed by atoms with Gasteiger partial charge in [-0.1, -0.05) is 27.2 Å². The number of carbonyl (C=O) groups excluding carboxylic acids is 1. The van der Waals surface area contributed by atoms with Crippen molar-refractivity contribution in [2.75, 3.05) is 13.2 Å². The van der Waals surface area contributed by atoms with E-state index in [0.717, 1.165) is 6.42 Å². The summed E-state index contributed by atoms with van der Waals surface area (Å²) in [6.45, 7) is 5.41. The predicted molar refractivity (Wildman–Crippen MR) is 65.1 cm³/mol. The molecule has 0 saturated heterocycles. The summed E-state index contributed by atoms with van der Waals surface area (Å²) in [5.74, 6) is -0.396. The smallest absolute Gasteiger partial charge is 0.305 e. The maximum absolute atomic E-state index is 11.7. The largest absolute Gasteiger partial charge is 0.464 e. The Balaban J connectivity index is 4.27. The standard InChI is InChI=1S/C11H22O5S/c1-4-7-8-16-17(13,14)10(5-2)9-15-11(12)6-3/h10H,4-9H2,1-3H3. The molecule has 1 unspecified atom stereocenters. The summed E-state index contributed by atoms with van der Waals surface area (Å²) >= 11 is 0. The highest BCUT2D eigenvalue weighted by molar-refractivity contribution is 7.87. The van der Waals surface area contributed by atoms with E-state index in [1.807, 2.05) is 6.92 Å². The molecule has 102 valence electrons. The van der Waals surface area contributed by atoms with Gasteiger partial charge in [-0.15, -0.1) is 0 Å². The lowest BCUT2D eigenvalue weighted by atomic mass is 10.3. The highest BCUT2D eigenvalue weighted by atomic mass is 32.2. The van der Waals surface area contributed by atoms with E-state index in [9.17, 15) is 13.2 Å². The van der Waals surface area contributed by atoms with Crippen LogP contribution in [0.1, 0.15) is 46.5 Å². The minimum atomic E-state index is -3.63. The van der Waals surface area contributed by atoms with Gasteiger partial charge in [0.25, 0.3) is 10.1 Å². The molecule has 0 aliphatic rings. The summed E-state index contributed by atoms with van der Waals surface area (Å²) in [6, 6.07) is 0. The SMILES string of the molecule is CCCCOS(=O)(=O)C(CC)COC(=O)CC. The van der Waals surface area contributed by atoms with Gasteiger partial charge in [0.15, 0.2) is 0 Å². The lowest BCUT2D eigenvalue weighted by molar-refractivity contribution is -0.143. The monoisotopic (exact) mass is 266 g/mol. The van der Waals surface area contributed by atoms with E-state index in [0.29, 0.717) is 12.8 Å². The van der Waals surface area contributed by atoms with Crippen LogP contribution in [-0.4, -0.2) is 32.9 Å². The topological polar surface area (TPSA) is 69.7 Å². The zero-order chi connectivity index (χ0) is 13.3. The molecular weight excluding hydrogens is 244 g/mol. The number of ether oxygens (including phenoxy) is 1. The average Bonchev–Trinajstić information content (AvgIpc) is 2.29. The zero-order valence-corrected chi connectivity index (χ0v) is 11.6. The van der Waals surface area contributed by atoms with Gasteiger partial charge in [0.05, 0.1) is 6.61 Å². The summed E-state index contributed by atoms with van der Waals surface area (Å²) < 4.78 is 33.2.